The van der Waals surface area contributed by atoms with Gasteiger partial charge in [-0.1, -0.05) is 170 Å². The highest BCUT2D eigenvalue weighted by atomic mass is 28.3. The highest BCUT2D eigenvalue weighted by Crippen LogP contribution is 2.49. The summed E-state index contributed by atoms with van der Waals surface area (Å²) < 4.78 is 2.68. The van der Waals surface area contributed by atoms with Crippen molar-refractivity contribution in [3.63, 3.8) is 0 Å². The fourth-order valence-electron chi connectivity index (χ4n) is 11.0. The van der Waals surface area contributed by atoms with Gasteiger partial charge in [-0.2, -0.15) is 0 Å². The molecule has 0 bridgehead atoms. The first-order chi connectivity index (χ1) is 29.3. The Balaban J connectivity index is 1.22. The van der Waals surface area contributed by atoms with Gasteiger partial charge in [0.2, 0.25) is 0 Å². The van der Waals surface area contributed by atoms with Gasteiger partial charge in [-0.25, -0.2) is 0 Å². The standard InChI is InChI=1S/C54H36BN3Si/c1-5-19-37(20-6-1)56(38-21-7-2-8-22-38)39-35-45-44-29-17-28-43-42-27-13-14-31-47(42)58(53(43)44)55-46-30-18-34-51-54(46)57(49(36-39)52(45)55)48-32-15-16-33-50(48)59(51,40-23-9-3-10-24-40)41-25-11-4-12-26-41/h1-36H. The zero-order valence-corrected chi connectivity index (χ0v) is 33.2. The lowest BCUT2D eigenvalue weighted by Gasteiger charge is -2.50. The van der Waals surface area contributed by atoms with Crippen LogP contribution in [0, 0.1) is 0 Å². The van der Waals surface area contributed by atoms with E-state index in [1.54, 1.807) is 0 Å². The van der Waals surface area contributed by atoms with E-state index >= 15 is 0 Å². The van der Waals surface area contributed by atoms with Crippen LogP contribution in [0.25, 0.3) is 32.9 Å². The highest BCUT2D eigenvalue weighted by Gasteiger charge is 2.53. The Hall–Kier alpha value is -7.34. The molecule has 1 aromatic heterocycles. The summed E-state index contributed by atoms with van der Waals surface area (Å²) in [6, 6.07) is 81.9. The molecule has 59 heavy (non-hydrogen) atoms. The maximum Gasteiger partial charge on any atom is 0.333 e. The van der Waals surface area contributed by atoms with Gasteiger partial charge in [0.25, 0.3) is 0 Å². The summed E-state index contributed by atoms with van der Waals surface area (Å²) >= 11 is 0. The van der Waals surface area contributed by atoms with Gasteiger partial charge in [-0.15, -0.1) is 0 Å². The van der Waals surface area contributed by atoms with Crippen molar-refractivity contribution in [2.24, 2.45) is 0 Å². The molecular formula is C54H36BN3Si. The van der Waals surface area contributed by atoms with E-state index in [1.807, 2.05) is 0 Å². The molecule has 0 N–H and O–H groups in total. The van der Waals surface area contributed by atoms with Crippen molar-refractivity contribution in [3.05, 3.63) is 218 Å². The van der Waals surface area contributed by atoms with Gasteiger partial charge in [0.15, 0.2) is 8.07 Å². The number of anilines is 6. The van der Waals surface area contributed by atoms with E-state index in [1.165, 1.54) is 81.7 Å². The summed E-state index contributed by atoms with van der Waals surface area (Å²) in [4.78, 5) is 5.08. The molecule has 0 fully saturated rings. The third-order valence-electron chi connectivity index (χ3n) is 13.2. The lowest BCUT2D eigenvalue weighted by Crippen LogP contribution is -2.78. The van der Waals surface area contributed by atoms with E-state index in [4.69, 9.17) is 0 Å². The molecule has 13 rings (SSSR count). The van der Waals surface area contributed by atoms with Crippen LogP contribution >= 0.6 is 0 Å². The Morgan fingerprint density at radius 1 is 0.424 bits per heavy atom. The third kappa shape index (κ3) is 4.32. The Kier molecular flexibility index (Phi) is 6.84. The Morgan fingerprint density at radius 2 is 1.00 bits per heavy atom. The summed E-state index contributed by atoms with van der Waals surface area (Å²) in [7, 11) is -2.86. The van der Waals surface area contributed by atoms with Gasteiger partial charge in [-0.3, -0.25) is 0 Å². The number of para-hydroxylation sites is 6. The van der Waals surface area contributed by atoms with E-state index in [2.05, 4.69) is 233 Å². The zero-order valence-electron chi connectivity index (χ0n) is 32.2. The van der Waals surface area contributed by atoms with Crippen LogP contribution < -0.4 is 41.5 Å². The van der Waals surface area contributed by atoms with Gasteiger partial charge >= 0.3 is 6.85 Å². The Labute approximate surface area is 344 Å². The molecule has 0 amide bonds. The van der Waals surface area contributed by atoms with Crippen molar-refractivity contribution in [1.82, 2.24) is 4.48 Å². The second-order valence-electron chi connectivity index (χ2n) is 16.0. The van der Waals surface area contributed by atoms with Crippen molar-refractivity contribution in [2.45, 2.75) is 0 Å². The fraction of sp³-hybridized carbons (Fsp3) is 0. The quantitative estimate of drug-likeness (QED) is 0.162. The third-order valence-corrected chi connectivity index (χ3v) is 18.0. The van der Waals surface area contributed by atoms with Crippen LogP contribution in [0.1, 0.15) is 0 Å². The highest BCUT2D eigenvalue weighted by molar-refractivity contribution is 7.21. The number of rotatable bonds is 5. The second kappa shape index (κ2) is 12.3. The van der Waals surface area contributed by atoms with Crippen molar-refractivity contribution >= 4 is 103 Å². The second-order valence-corrected chi connectivity index (χ2v) is 19.7. The van der Waals surface area contributed by atoms with Crippen molar-refractivity contribution in [3.8, 4) is 11.1 Å². The van der Waals surface area contributed by atoms with Crippen molar-refractivity contribution in [1.29, 1.82) is 0 Å². The Morgan fingerprint density at radius 3 is 1.71 bits per heavy atom. The van der Waals surface area contributed by atoms with Crippen molar-refractivity contribution in [2.75, 3.05) is 9.80 Å². The van der Waals surface area contributed by atoms with E-state index in [-0.39, 0.29) is 6.85 Å². The number of nitrogens with zero attached hydrogens (tertiary/aromatic N) is 3. The summed E-state index contributed by atoms with van der Waals surface area (Å²) in [5.41, 5.74) is 15.0. The summed E-state index contributed by atoms with van der Waals surface area (Å²) in [6.45, 7) is -0.0389. The SMILES string of the molecule is c1ccc(N(c2ccccc2)c2cc3c4c(c2)N2c5ccccc5[Si](c5ccccc5)(c5ccccc5)c5cccc(c52)B4n2c4ccccc4c4cccc-3c42)cc1. The average molecular weight is 766 g/mol. The molecule has 5 heteroatoms. The van der Waals surface area contributed by atoms with Crippen LogP contribution in [0.4, 0.5) is 34.1 Å². The molecule has 3 aliphatic rings. The molecule has 10 aromatic rings. The van der Waals surface area contributed by atoms with E-state index in [9.17, 15) is 0 Å². The van der Waals surface area contributed by atoms with E-state index < -0.39 is 8.07 Å². The number of hydrogen-bond acceptors (Lipinski definition) is 2. The molecule has 0 atom stereocenters. The van der Waals surface area contributed by atoms with Crippen LogP contribution in [-0.4, -0.2) is 19.4 Å². The minimum atomic E-state index is -2.86. The van der Waals surface area contributed by atoms with Crippen LogP contribution in [0.3, 0.4) is 0 Å². The maximum atomic E-state index is 2.68. The van der Waals surface area contributed by atoms with Crippen molar-refractivity contribution < 1.29 is 0 Å². The zero-order chi connectivity index (χ0) is 38.7. The van der Waals surface area contributed by atoms with Gasteiger partial charge in [0.1, 0.15) is 0 Å². The summed E-state index contributed by atoms with van der Waals surface area (Å²) in [5, 5.41) is 8.23. The van der Waals surface area contributed by atoms with E-state index in [0.717, 1.165) is 17.1 Å². The fourth-order valence-corrected chi connectivity index (χ4v) is 16.1. The molecule has 0 spiro atoms. The first kappa shape index (κ1) is 32.7. The first-order valence-corrected chi connectivity index (χ1v) is 22.6. The molecular weight excluding hydrogens is 730 g/mol. The normalized spacial score (nSPS) is 13.8. The molecule has 0 radical (unpaired) electrons. The van der Waals surface area contributed by atoms with Gasteiger partial charge in [-0.05, 0) is 85.8 Å². The molecule has 0 unspecified atom stereocenters. The molecule has 3 aliphatic heterocycles. The lowest BCUT2D eigenvalue weighted by molar-refractivity contribution is 1.24. The first-order valence-electron chi connectivity index (χ1n) is 20.6. The molecule has 0 saturated heterocycles. The smallest absolute Gasteiger partial charge is 0.333 e. The molecule has 0 aliphatic carbocycles. The lowest BCUT2D eigenvalue weighted by atomic mass is 9.45. The molecule has 0 saturated carbocycles. The number of fused-ring (bicyclic) bond motifs is 9. The van der Waals surface area contributed by atoms with Crippen LogP contribution in [0.2, 0.25) is 0 Å². The van der Waals surface area contributed by atoms with Gasteiger partial charge in [0.05, 0.1) is 0 Å². The monoisotopic (exact) mass is 765 g/mol. The molecule has 274 valence electrons. The average Bonchev–Trinajstić information content (AvgIpc) is 3.65. The largest absolute Gasteiger partial charge is 0.375 e. The molecule has 4 heterocycles. The van der Waals surface area contributed by atoms with Crippen LogP contribution in [-0.2, 0) is 0 Å². The minimum absolute atomic E-state index is 0.0389. The maximum absolute atomic E-state index is 2.86. The number of hydrogen-bond donors (Lipinski definition) is 0. The number of aromatic nitrogens is 1. The minimum Gasteiger partial charge on any atom is -0.375 e. The topological polar surface area (TPSA) is 11.4 Å². The van der Waals surface area contributed by atoms with Gasteiger partial charge < -0.3 is 14.3 Å². The molecule has 3 nitrogen and oxygen atoms in total. The van der Waals surface area contributed by atoms with Crippen LogP contribution in [0.15, 0.2) is 218 Å². The summed E-state index contributed by atoms with van der Waals surface area (Å²) in [5.74, 6) is 0. The van der Waals surface area contributed by atoms with Crippen LogP contribution in [0.5, 0.6) is 0 Å². The number of benzene rings is 9. The predicted molar refractivity (Wildman–Crippen MR) is 252 cm³/mol. The van der Waals surface area contributed by atoms with E-state index in [0.29, 0.717) is 0 Å². The molecule has 9 aromatic carbocycles. The summed E-state index contributed by atoms with van der Waals surface area (Å²) in [6.07, 6.45) is 0. The van der Waals surface area contributed by atoms with Gasteiger partial charge in [0, 0.05) is 61.5 Å². The predicted octanol–water partition coefficient (Wildman–Crippen LogP) is 9.37. The Bertz CT molecular complexity index is 3210.